The zero-order valence-corrected chi connectivity index (χ0v) is 29.6. The van der Waals surface area contributed by atoms with Crippen molar-refractivity contribution in [2.75, 3.05) is 20.2 Å². The van der Waals surface area contributed by atoms with E-state index >= 15 is 0 Å². The molecule has 0 aliphatic rings. The molecule has 0 radical (unpaired) electrons. The van der Waals surface area contributed by atoms with Gasteiger partial charge in [0.25, 0.3) is 11.8 Å². The third kappa shape index (κ3) is 12.7. The van der Waals surface area contributed by atoms with Crippen molar-refractivity contribution >= 4 is 23.6 Å². The van der Waals surface area contributed by atoms with Crippen LogP contribution in [-0.4, -0.2) is 66.9 Å². The molecule has 0 fully saturated rings. The monoisotopic (exact) mass is 651 g/mol. The summed E-state index contributed by atoms with van der Waals surface area (Å²) in [5, 5.41) is 8.91. The number of ether oxygens (including phenoxy) is 1. The van der Waals surface area contributed by atoms with E-state index in [1.54, 1.807) is 30.0 Å². The summed E-state index contributed by atoms with van der Waals surface area (Å²) in [4.78, 5) is 55.1. The fourth-order valence-corrected chi connectivity index (χ4v) is 5.51. The van der Waals surface area contributed by atoms with Gasteiger partial charge < -0.3 is 31.3 Å². The van der Waals surface area contributed by atoms with E-state index in [0.29, 0.717) is 49.4 Å². The molecule has 10 heteroatoms. The van der Waals surface area contributed by atoms with Gasteiger partial charge in [-0.25, -0.2) is 0 Å². The van der Waals surface area contributed by atoms with Crippen LogP contribution in [0.1, 0.15) is 100 Å². The summed E-state index contributed by atoms with van der Waals surface area (Å²) in [7, 11) is 1.50. The standard InChI is InChI=1S/C37H57N5O5/c1-9-16-42(17-10-2)37(46)29-20-28(21-30(22-29)47-8)35(44)40-32(18-24(3)4)31(38)19-26(7)34(43)41-33(25(5)6)36(45)39-23-27-14-12-11-13-15-27/h11-15,20-22,24-26,31-33H,9-10,16-19,23,38H2,1-8H3,(H,39,45)(H,40,44)(H,41,43)/t26-,31+,32+,33+/m1/s1. The summed E-state index contributed by atoms with van der Waals surface area (Å²) < 4.78 is 5.45. The van der Waals surface area contributed by atoms with Crippen LogP contribution in [0.15, 0.2) is 48.5 Å². The van der Waals surface area contributed by atoms with Crippen molar-refractivity contribution in [2.45, 2.75) is 98.8 Å². The van der Waals surface area contributed by atoms with E-state index in [-0.39, 0.29) is 35.5 Å². The average molecular weight is 652 g/mol. The molecule has 0 heterocycles. The van der Waals surface area contributed by atoms with Crippen molar-refractivity contribution in [3.05, 3.63) is 65.2 Å². The topological polar surface area (TPSA) is 143 Å². The van der Waals surface area contributed by atoms with Crippen LogP contribution in [0.4, 0.5) is 0 Å². The third-order valence-corrected chi connectivity index (χ3v) is 8.11. The lowest BCUT2D eigenvalue weighted by atomic mass is 9.90. The van der Waals surface area contributed by atoms with Crippen molar-refractivity contribution in [2.24, 2.45) is 23.5 Å². The normalized spacial score (nSPS) is 13.8. The van der Waals surface area contributed by atoms with Gasteiger partial charge >= 0.3 is 0 Å². The van der Waals surface area contributed by atoms with Crippen LogP contribution in [0.3, 0.4) is 0 Å². The molecule has 2 rings (SSSR count). The number of methoxy groups -OCH3 is 1. The highest BCUT2D eigenvalue weighted by atomic mass is 16.5. The average Bonchev–Trinajstić information content (AvgIpc) is 3.04. The first-order chi connectivity index (χ1) is 22.3. The van der Waals surface area contributed by atoms with Crippen molar-refractivity contribution in [1.82, 2.24) is 20.9 Å². The number of carbonyl (C=O) groups excluding carboxylic acids is 4. The van der Waals surface area contributed by atoms with Gasteiger partial charge in [-0.2, -0.15) is 0 Å². The molecule has 4 amide bonds. The summed E-state index contributed by atoms with van der Waals surface area (Å²) in [6.07, 6.45) is 2.54. The molecule has 0 aliphatic heterocycles. The fraction of sp³-hybridized carbons (Fsp3) is 0.568. The van der Waals surface area contributed by atoms with Crippen LogP contribution >= 0.6 is 0 Å². The maximum atomic E-state index is 13.6. The molecule has 0 saturated carbocycles. The Bertz CT molecular complexity index is 1290. The van der Waals surface area contributed by atoms with Gasteiger partial charge in [0, 0.05) is 48.8 Å². The molecular weight excluding hydrogens is 594 g/mol. The molecule has 10 nitrogen and oxygen atoms in total. The number of amides is 4. The zero-order chi connectivity index (χ0) is 35.1. The van der Waals surface area contributed by atoms with E-state index in [4.69, 9.17) is 10.5 Å². The summed E-state index contributed by atoms with van der Waals surface area (Å²) in [6, 6.07) is 12.8. The number of rotatable bonds is 19. The van der Waals surface area contributed by atoms with Crippen molar-refractivity contribution < 1.29 is 23.9 Å². The Morgan fingerprint density at radius 1 is 0.830 bits per heavy atom. The number of nitrogens with two attached hydrogens (primary N) is 1. The predicted molar refractivity (Wildman–Crippen MR) is 187 cm³/mol. The lowest BCUT2D eigenvalue weighted by Gasteiger charge is -2.29. The lowest BCUT2D eigenvalue weighted by molar-refractivity contribution is -0.132. The van der Waals surface area contributed by atoms with E-state index in [0.717, 1.165) is 18.4 Å². The van der Waals surface area contributed by atoms with Crippen molar-refractivity contribution in [3.8, 4) is 5.75 Å². The van der Waals surface area contributed by atoms with Crippen LogP contribution in [0.5, 0.6) is 5.75 Å². The van der Waals surface area contributed by atoms with Gasteiger partial charge in [0.1, 0.15) is 11.8 Å². The quantitative estimate of drug-likeness (QED) is 0.170. The van der Waals surface area contributed by atoms with Crippen molar-refractivity contribution in [3.63, 3.8) is 0 Å². The molecule has 5 N–H and O–H groups in total. The van der Waals surface area contributed by atoms with Gasteiger partial charge in [-0.15, -0.1) is 0 Å². The Morgan fingerprint density at radius 3 is 2.00 bits per heavy atom. The molecule has 0 spiro atoms. The Labute approximate surface area is 281 Å². The molecular formula is C37H57N5O5. The van der Waals surface area contributed by atoms with E-state index in [2.05, 4.69) is 16.0 Å². The van der Waals surface area contributed by atoms with E-state index in [9.17, 15) is 19.2 Å². The number of carbonyl (C=O) groups is 4. The molecule has 4 atom stereocenters. The number of benzene rings is 2. The number of hydrogen-bond acceptors (Lipinski definition) is 6. The van der Waals surface area contributed by atoms with Crippen LogP contribution in [0, 0.1) is 17.8 Å². The molecule has 0 aromatic heterocycles. The Hall–Kier alpha value is -3.92. The number of nitrogens with zero attached hydrogens (tertiary/aromatic N) is 1. The Kier molecular flexibility index (Phi) is 16.4. The van der Waals surface area contributed by atoms with Crippen LogP contribution in [0.25, 0.3) is 0 Å². The number of nitrogens with one attached hydrogen (secondary N) is 3. The Balaban J connectivity index is 2.15. The summed E-state index contributed by atoms with van der Waals surface area (Å²) >= 11 is 0. The van der Waals surface area contributed by atoms with E-state index in [1.165, 1.54) is 7.11 Å². The minimum Gasteiger partial charge on any atom is -0.497 e. The second kappa shape index (κ2) is 19.7. The molecule has 260 valence electrons. The summed E-state index contributed by atoms with van der Waals surface area (Å²) in [5.41, 5.74) is 8.33. The fourth-order valence-electron chi connectivity index (χ4n) is 5.51. The first-order valence-corrected chi connectivity index (χ1v) is 17.0. The molecule has 0 unspecified atom stereocenters. The Morgan fingerprint density at radius 2 is 1.45 bits per heavy atom. The molecule has 2 aromatic rings. The summed E-state index contributed by atoms with van der Waals surface area (Å²) in [6.45, 7) is 15.3. The van der Waals surface area contributed by atoms with Crippen molar-refractivity contribution in [1.29, 1.82) is 0 Å². The first-order valence-electron chi connectivity index (χ1n) is 17.0. The van der Waals surface area contributed by atoms with Crippen LogP contribution in [0.2, 0.25) is 0 Å². The van der Waals surface area contributed by atoms with Gasteiger partial charge in [-0.05, 0) is 61.3 Å². The maximum absolute atomic E-state index is 13.6. The summed E-state index contributed by atoms with van der Waals surface area (Å²) in [5.74, 6) is -1.05. The minimum atomic E-state index is -0.702. The molecule has 0 aliphatic carbocycles. The van der Waals surface area contributed by atoms with Gasteiger partial charge in [0.05, 0.1) is 7.11 Å². The van der Waals surface area contributed by atoms with Gasteiger partial charge in [0.15, 0.2) is 0 Å². The molecule has 0 bridgehead atoms. The largest absolute Gasteiger partial charge is 0.497 e. The first kappa shape index (κ1) is 39.3. The highest BCUT2D eigenvalue weighted by Crippen LogP contribution is 2.21. The lowest BCUT2D eigenvalue weighted by Crippen LogP contribution is -2.53. The van der Waals surface area contributed by atoms with Crippen LogP contribution < -0.4 is 26.4 Å². The predicted octanol–water partition coefficient (Wildman–Crippen LogP) is 4.91. The van der Waals surface area contributed by atoms with Gasteiger partial charge in [-0.3, -0.25) is 19.2 Å². The molecule has 47 heavy (non-hydrogen) atoms. The molecule has 0 saturated heterocycles. The van der Waals surface area contributed by atoms with Gasteiger partial charge in [-0.1, -0.05) is 78.8 Å². The second-order valence-electron chi connectivity index (χ2n) is 13.2. The SMILES string of the molecule is CCCN(CCC)C(=O)c1cc(OC)cc(C(=O)N[C@@H](CC(C)C)[C@@H](N)C[C@@H](C)C(=O)N[C@H](C(=O)NCc2ccccc2)C(C)C)c1. The zero-order valence-electron chi connectivity index (χ0n) is 29.6. The van der Waals surface area contributed by atoms with E-state index in [1.807, 2.05) is 71.9 Å². The third-order valence-electron chi connectivity index (χ3n) is 8.11. The van der Waals surface area contributed by atoms with Gasteiger partial charge in [0.2, 0.25) is 11.8 Å². The smallest absolute Gasteiger partial charge is 0.254 e. The molecule has 2 aromatic carbocycles. The van der Waals surface area contributed by atoms with E-state index < -0.39 is 24.0 Å². The maximum Gasteiger partial charge on any atom is 0.254 e. The van der Waals surface area contributed by atoms with Crippen LogP contribution in [-0.2, 0) is 16.1 Å². The minimum absolute atomic E-state index is 0.126. The highest BCUT2D eigenvalue weighted by molar-refractivity contribution is 6.00. The highest BCUT2D eigenvalue weighted by Gasteiger charge is 2.30. The second-order valence-corrected chi connectivity index (χ2v) is 13.2. The number of hydrogen-bond donors (Lipinski definition) is 4.